The number of aldehydes is 1. The fourth-order valence-corrected chi connectivity index (χ4v) is 1.63. The third-order valence-corrected chi connectivity index (χ3v) is 2.50. The van der Waals surface area contributed by atoms with Crippen molar-refractivity contribution in [3.63, 3.8) is 0 Å². The third-order valence-electron chi connectivity index (χ3n) is 2.17. The van der Waals surface area contributed by atoms with Crippen molar-refractivity contribution in [2.45, 2.75) is 0 Å². The number of carbonyl (C=O) groups excluding carboxylic acids is 1. The molecular weight excluding hydrogens is 214 g/mol. The lowest BCUT2D eigenvalue weighted by atomic mass is 10.1. The Kier molecular flexibility index (Phi) is 2.56. The average molecular weight is 222 g/mol. The number of aromatic nitrogens is 1. The number of nitrogens with zero attached hydrogens (tertiary/aromatic N) is 1. The number of hydrogen-bond acceptors (Lipinski definition) is 3. The van der Waals surface area contributed by atoms with Crippen LogP contribution < -0.4 is 4.74 Å². The highest BCUT2D eigenvalue weighted by molar-refractivity contribution is 6.35. The molecule has 0 spiro atoms. The number of pyridine rings is 1. The van der Waals surface area contributed by atoms with Crippen molar-refractivity contribution in [2.24, 2.45) is 0 Å². The summed E-state index contributed by atoms with van der Waals surface area (Å²) in [6, 6.07) is 5.07. The molecule has 76 valence electrons. The number of ether oxygens (including phenoxy) is 1. The molecule has 1 heterocycles. The first kappa shape index (κ1) is 9.93. The highest BCUT2D eigenvalue weighted by Gasteiger charge is 2.07. The zero-order chi connectivity index (χ0) is 10.8. The molecule has 1 aromatic carbocycles. The van der Waals surface area contributed by atoms with Gasteiger partial charge in [0.2, 0.25) is 0 Å². The van der Waals surface area contributed by atoms with Gasteiger partial charge in [-0.15, -0.1) is 0 Å². The quantitative estimate of drug-likeness (QED) is 0.732. The van der Waals surface area contributed by atoms with Gasteiger partial charge in [0, 0.05) is 11.6 Å². The number of carbonyl (C=O) groups is 1. The van der Waals surface area contributed by atoms with Gasteiger partial charge in [-0.1, -0.05) is 11.6 Å². The number of methoxy groups -OCH3 is 1. The Balaban J connectivity index is 2.81. The summed E-state index contributed by atoms with van der Waals surface area (Å²) in [5.74, 6) is 0.507. The van der Waals surface area contributed by atoms with E-state index in [1.807, 2.05) is 0 Å². The second-order valence-electron chi connectivity index (χ2n) is 3.02. The van der Waals surface area contributed by atoms with Gasteiger partial charge in [0.1, 0.15) is 5.75 Å². The van der Waals surface area contributed by atoms with Crippen molar-refractivity contribution in [3.05, 3.63) is 35.0 Å². The van der Waals surface area contributed by atoms with Gasteiger partial charge in [0.05, 0.1) is 23.2 Å². The van der Waals surface area contributed by atoms with E-state index >= 15 is 0 Å². The molecule has 0 bridgehead atoms. The van der Waals surface area contributed by atoms with Crippen LogP contribution >= 0.6 is 11.6 Å². The van der Waals surface area contributed by atoms with Gasteiger partial charge in [0.15, 0.2) is 6.29 Å². The smallest absolute Gasteiger partial charge is 0.153 e. The maximum absolute atomic E-state index is 10.8. The molecule has 0 unspecified atom stereocenters. The topological polar surface area (TPSA) is 39.2 Å². The summed E-state index contributed by atoms with van der Waals surface area (Å²) >= 11 is 6.00. The molecule has 0 N–H and O–H groups in total. The summed E-state index contributed by atoms with van der Waals surface area (Å²) in [5.41, 5.74) is 1.16. The van der Waals surface area contributed by atoms with Crippen LogP contribution in [0.4, 0.5) is 0 Å². The molecule has 0 aliphatic rings. The molecule has 0 aliphatic carbocycles. The molecule has 0 fully saturated rings. The Morgan fingerprint density at radius 3 is 2.93 bits per heavy atom. The first-order valence-corrected chi connectivity index (χ1v) is 4.71. The lowest BCUT2D eigenvalue weighted by Gasteiger charge is -2.06. The standard InChI is InChI=1S/C11H8ClNO2/c1-15-11-5-8-9(12)2-3-13-10(8)4-7(11)6-14/h2-6H,1H3. The van der Waals surface area contributed by atoms with E-state index in [0.29, 0.717) is 21.9 Å². The third kappa shape index (κ3) is 1.66. The lowest BCUT2D eigenvalue weighted by Crippen LogP contribution is -1.91. The highest BCUT2D eigenvalue weighted by Crippen LogP contribution is 2.28. The van der Waals surface area contributed by atoms with Crippen molar-refractivity contribution in [2.75, 3.05) is 7.11 Å². The molecule has 1 aromatic heterocycles. The van der Waals surface area contributed by atoms with Gasteiger partial charge in [-0.3, -0.25) is 9.78 Å². The van der Waals surface area contributed by atoms with Gasteiger partial charge >= 0.3 is 0 Å². The van der Waals surface area contributed by atoms with E-state index in [0.717, 1.165) is 11.7 Å². The van der Waals surface area contributed by atoms with E-state index in [1.165, 1.54) is 7.11 Å². The molecular formula is C11H8ClNO2. The first-order chi connectivity index (χ1) is 7.26. The van der Waals surface area contributed by atoms with Crippen LogP contribution in [0.5, 0.6) is 5.75 Å². The largest absolute Gasteiger partial charge is 0.496 e. The second kappa shape index (κ2) is 3.87. The van der Waals surface area contributed by atoms with Gasteiger partial charge < -0.3 is 4.74 Å². The Morgan fingerprint density at radius 2 is 2.27 bits per heavy atom. The molecule has 3 nitrogen and oxygen atoms in total. The van der Waals surface area contributed by atoms with Crippen LogP contribution in [0.1, 0.15) is 10.4 Å². The van der Waals surface area contributed by atoms with Crippen molar-refractivity contribution >= 4 is 28.8 Å². The van der Waals surface area contributed by atoms with Crippen molar-refractivity contribution in [1.29, 1.82) is 0 Å². The predicted molar refractivity (Wildman–Crippen MR) is 58.7 cm³/mol. The summed E-state index contributed by atoms with van der Waals surface area (Å²) in [5, 5.41) is 1.37. The molecule has 2 rings (SSSR count). The van der Waals surface area contributed by atoms with E-state index in [-0.39, 0.29) is 0 Å². The number of fused-ring (bicyclic) bond motifs is 1. The average Bonchev–Trinajstić information content (AvgIpc) is 2.28. The van der Waals surface area contributed by atoms with Crippen LogP contribution in [0.3, 0.4) is 0 Å². The molecule has 4 heteroatoms. The summed E-state index contributed by atoms with van der Waals surface area (Å²) in [7, 11) is 1.51. The Morgan fingerprint density at radius 1 is 1.47 bits per heavy atom. The first-order valence-electron chi connectivity index (χ1n) is 4.33. The zero-order valence-electron chi connectivity index (χ0n) is 8.03. The molecule has 0 saturated carbocycles. The minimum absolute atomic E-state index is 0.472. The van der Waals surface area contributed by atoms with Crippen molar-refractivity contribution in [3.8, 4) is 5.75 Å². The Bertz CT molecular complexity index is 525. The minimum atomic E-state index is 0.472. The van der Waals surface area contributed by atoms with Crippen molar-refractivity contribution < 1.29 is 9.53 Å². The molecule has 0 aliphatic heterocycles. The van der Waals surface area contributed by atoms with Gasteiger partial charge in [0.25, 0.3) is 0 Å². The number of benzene rings is 1. The molecule has 0 radical (unpaired) electrons. The van der Waals surface area contributed by atoms with Crippen LogP contribution in [-0.4, -0.2) is 18.4 Å². The molecule has 2 aromatic rings. The van der Waals surface area contributed by atoms with Crippen LogP contribution in [0, 0.1) is 0 Å². The van der Waals surface area contributed by atoms with Crippen LogP contribution in [0.2, 0.25) is 5.02 Å². The molecule has 0 atom stereocenters. The van der Waals surface area contributed by atoms with Crippen LogP contribution in [0.15, 0.2) is 24.4 Å². The number of hydrogen-bond donors (Lipinski definition) is 0. The number of rotatable bonds is 2. The maximum Gasteiger partial charge on any atom is 0.153 e. The normalized spacial score (nSPS) is 10.3. The molecule has 15 heavy (non-hydrogen) atoms. The summed E-state index contributed by atoms with van der Waals surface area (Å²) in [6.45, 7) is 0. The minimum Gasteiger partial charge on any atom is -0.496 e. The molecule has 0 saturated heterocycles. The highest BCUT2D eigenvalue weighted by atomic mass is 35.5. The zero-order valence-corrected chi connectivity index (χ0v) is 8.78. The fraction of sp³-hybridized carbons (Fsp3) is 0.0909. The molecule has 0 amide bonds. The van der Waals surface area contributed by atoms with E-state index in [9.17, 15) is 4.79 Å². The predicted octanol–water partition coefficient (Wildman–Crippen LogP) is 2.71. The van der Waals surface area contributed by atoms with E-state index in [1.54, 1.807) is 24.4 Å². The summed E-state index contributed by atoms with van der Waals surface area (Å²) in [4.78, 5) is 14.9. The van der Waals surface area contributed by atoms with E-state index < -0.39 is 0 Å². The Hall–Kier alpha value is -1.61. The van der Waals surface area contributed by atoms with Crippen LogP contribution in [-0.2, 0) is 0 Å². The van der Waals surface area contributed by atoms with Crippen LogP contribution in [0.25, 0.3) is 10.9 Å². The second-order valence-corrected chi connectivity index (χ2v) is 3.43. The van der Waals surface area contributed by atoms with Gasteiger partial charge in [-0.25, -0.2) is 0 Å². The van der Waals surface area contributed by atoms with Gasteiger partial charge in [-0.2, -0.15) is 0 Å². The summed E-state index contributed by atoms with van der Waals surface area (Å²) in [6.07, 6.45) is 2.34. The monoisotopic (exact) mass is 221 g/mol. The lowest BCUT2D eigenvalue weighted by molar-refractivity contribution is 0.112. The van der Waals surface area contributed by atoms with Crippen molar-refractivity contribution in [1.82, 2.24) is 4.98 Å². The SMILES string of the molecule is COc1cc2c(Cl)ccnc2cc1C=O. The Labute approximate surface area is 91.6 Å². The number of halogens is 1. The van der Waals surface area contributed by atoms with E-state index in [4.69, 9.17) is 16.3 Å². The fourth-order valence-electron chi connectivity index (χ4n) is 1.42. The maximum atomic E-state index is 10.8. The summed E-state index contributed by atoms with van der Waals surface area (Å²) < 4.78 is 5.08. The van der Waals surface area contributed by atoms with E-state index in [2.05, 4.69) is 4.98 Å². The van der Waals surface area contributed by atoms with Gasteiger partial charge in [-0.05, 0) is 18.2 Å².